The van der Waals surface area contributed by atoms with Gasteiger partial charge in [0.1, 0.15) is 0 Å². The van der Waals surface area contributed by atoms with E-state index in [0.29, 0.717) is 0 Å². The van der Waals surface area contributed by atoms with E-state index in [1.54, 1.807) is 12.1 Å². The third-order valence-electron chi connectivity index (χ3n) is 3.15. The summed E-state index contributed by atoms with van der Waals surface area (Å²) >= 11 is 0. The standard InChI is InChI=1S/C16H17NO2/c18-17(19)16-12-6-11-15(13-16)10-5-4-9-14-7-2-1-3-8-14/h1-3,6-8,11-13H,4-5,9-10H2. The molecule has 0 atom stereocenters. The van der Waals surface area contributed by atoms with Crippen LogP contribution in [0, 0.1) is 10.1 Å². The highest BCUT2D eigenvalue weighted by molar-refractivity contribution is 5.34. The molecule has 0 aliphatic carbocycles. The van der Waals surface area contributed by atoms with Crippen molar-refractivity contribution in [3.63, 3.8) is 0 Å². The minimum absolute atomic E-state index is 0.181. The third-order valence-corrected chi connectivity index (χ3v) is 3.15. The first-order valence-corrected chi connectivity index (χ1v) is 6.53. The molecule has 2 rings (SSSR count). The summed E-state index contributed by atoms with van der Waals surface area (Å²) in [6.45, 7) is 0. The van der Waals surface area contributed by atoms with Gasteiger partial charge in [-0.15, -0.1) is 0 Å². The van der Waals surface area contributed by atoms with Crippen LogP contribution in [0.5, 0.6) is 0 Å². The molecule has 3 heteroatoms. The zero-order valence-corrected chi connectivity index (χ0v) is 10.8. The summed E-state index contributed by atoms with van der Waals surface area (Å²) in [6.07, 6.45) is 4.12. The number of unbranched alkanes of at least 4 members (excludes halogenated alkanes) is 1. The van der Waals surface area contributed by atoms with Crippen molar-refractivity contribution >= 4 is 5.69 Å². The maximum absolute atomic E-state index is 10.7. The molecule has 0 bridgehead atoms. The van der Waals surface area contributed by atoms with Crippen LogP contribution in [0.1, 0.15) is 24.0 Å². The molecule has 0 aliphatic heterocycles. The van der Waals surface area contributed by atoms with Gasteiger partial charge in [-0.25, -0.2) is 0 Å². The second-order valence-corrected chi connectivity index (χ2v) is 4.62. The molecular formula is C16H17NO2. The number of hydrogen-bond donors (Lipinski definition) is 0. The Labute approximate surface area is 113 Å². The second kappa shape index (κ2) is 6.69. The number of nitro groups is 1. The average molecular weight is 255 g/mol. The monoisotopic (exact) mass is 255 g/mol. The Morgan fingerprint density at radius 2 is 1.47 bits per heavy atom. The van der Waals surface area contributed by atoms with Crippen LogP contribution in [0.2, 0.25) is 0 Å². The highest BCUT2D eigenvalue weighted by Gasteiger charge is 2.05. The largest absolute Gasteiger partial charge is 0.269 e. The molecule has 19 heavy (non-hydrogen) atoms. The maximum atomic E-state index is 10.7. The first-order chi connectivity index (χ1) is 9.25. The van der Waals surface area contributed by atoms with Gasteiger partial charge >= 0.3 is 0 Å². The lowest BCUT2D eigenvalue weighted by Crippen LogP contribution is -1.92. The fourth-order valence-corrected chi connectivity index (χ4v) is 2.13. The summed E-state index contributed by atoms with van der Waals surface area (Å²) in [5.74, 6) is 0. The molecule has 0 amide bonds. The van der Waals surface area contributed by atoms with Crippen LogP contribution in [0.3, 0.4) is 0 Å². The maximum Gasteiger partial charge on any atom is 0.269 e. The van der Waals surface area contributed by atoms with Crippen molar-refractivity contribution in [1.29, 1.82) is 0 Å². The van der Waals surface area contributed by atoms with Crippen LogP contribution in [0.15, 0.2) is 54.6 Å². The number of aryl methyl sites for hydroxylation is 2. The molecule has 2 aromatic rings. The zero-order valence-electron chi connectivity index (χ0n) is 10.8. The summed E-state index contributed by atoms with van der Waals surface area (Å²) in [4.78, 5) is 10.3. The highest BCUT2D eigenvalue weighted by Crippen LogP contribution is 2.15. The van der Waals surface area contributed by atoms with Gasteiger partial charge in [0.15, 0.2) is 0 Å². The van der Waals surface area contributed by atoms with E-state index in [4.69, 9.17) is 0 Å². The van der Waals surface area contributed by atoms with Crippen molar-refractivity contribution in [1.82, 2.24) is 0 Å². The van der Waals surface area contributed by atoms with E-state index in [0.717, 1.165) is 31.2 Å². The molecule has 0 unspecified atom stereocenters. The lowest BCUT2D eigenvalue weighted by atomic mass is 10.0. The molecule has 0 saturated carbocycles. The quantitative estimate of drug-likeness (QED) is 0.442. The van der Waals surface area contributed by atoms with E-state index in [1.165, 1.54) is 11.6 Å². The number of hydrogen-bond acceptors (Lipinski definition) is 2. The van der Waals surface area contributed by atoms with Crippen molar-refractivity contribution in [3.05, 3.63) is 75.8 Å². The van der Waals surface area contributed by atoms with Gasteiger partial charge in [0.25, 0.3) is 5.69 Å². The molecule has 0 heterocycles. The van der Waals surface area contributed by atoms with Crippen LogP contribution in [-0.2, 0) is 12.8 Å². The molecule has 0 N–H and O–H groups in total. The van der Waals surface area contributed by atoms with E-state index in [-0.39, 0.29) is 10.6 Å². The van der Waals surface area contributed by atoms with E-state index < -0.39 is 0 Å². The Hall–Kier alpha value is -2.16. The number of non-ortho nitro benzene ring substituents is 1. The van der Waals surface area contributed by atoms with E-state index in [9.17, 15) is 10.1 Å². The Bertz CT molecular complexity index is 537. The summed E-state index contributed by atoms with van der Waals surface area (Å²) < 4.78 is 0. The van der Waals surface area contributed by atoms with E-state index in [1.807, 2.05) is 12.1 Å². The number of benzene rings is 2. The van der Waals surface area contributed by atoms with Crippen molar-refractivity contribution in [2.75, 3.05) is 0 Å². The lowest BCUT2D eigenvalue weighted by Gasteiger charge is -2.02. The second-order valence-electron chi connectivity index (χ2n) is 4.62. The Morgan fingerprint density at radius 3 is 2.16 bits per heavy atom. The van der Waals surface area contributed by atoms with Crippen LogP contribution in [-0.4, -0.2) is 4.92 Å². The predicted octanol–water partition coefficient (Wildman–Crippen LogP) is 4.16. The summed E-state index contributed by atoms with van der Waals surface area (Å²) in [5.41, 5.74) is 2.57. The first-order valence-electron chi connectivity index (χ1n) is 6.53. The zero-order chi connectivity index (χ0) is 13.5. The van der Waals surface area contributed by atoms with Gasteiger partial charge < -0.3 is 0 Å². The fourth-order valence-electron chi connectivity index (χ4n) is 2.13. The van der Waals surface area contributed by atoms with Crippen LogP contribution in [0.4, 0.5) is 5.69 Å². The Balaban J connectivity index is 1.80. The first kappa shape index (κ1) is 13.3. The molecule has 0 spiro atoms. The van der Waals surface area contributed by atoms with Crippen molar-refractivity contribution in [2.24, 2.45) is 0 Å². The fraction of sp³-hybridized carbons (Fsp3) is 0.250. The molecule has 2 aromatic carbocycles. The highest BCUT2D eigenvalue weighted by atomic mass is 16.6. The van der Waals surface area contributed by atoms with Crippen LogP contribution in [0.25, 0.3) is 0 Å². The molecule has 0 aromatic heterocycles. The Morgan fingerprint density at radius 1 is 0.842 bits per heavy atom. The normalized spacial score (nSPS) is 10.3. The molecule has 0 fully saturated rings. The summed E-state index contributed by atoms with van der Waals surface area (Å²) in [6, 6.07) is 17.3. The number of nitrogens with zero attached hydrogens (tertiary/aromatic N) is 1. The molecule has 0 saturated heterocycles. The smallest absolute Gasteiger partial charge is 0.258 e. The molecule has 98 valence electrons. The minimum Gasteiger partial charge on any atom is -0.258 e. The Kier molecular flexibility index (Phi) is 4.67. The minimum atomic E-state index is -0.340. The van der Waals surface area contributed by atoms with Gasteiger partial charge in [-0.1, -0.05) is 42.5 Å². The third kappa shape index (κ3) is 4.21. The van der Waals surface area contributed by atoms with Gasteiger partial charge in [-0.3, -0.25) is 10.1 Å². The summed E-state index contributed by atoms with van der Waals surface area (Å²) in [5, 5.41) is 10.7. The van der Waals surface area contributed by atoms with Crippen LogP contribution >= 0.6 is 0 Å². The van der Waals surface area contributed by atoms with Crippen molar-refractivity contribution in [3.8, 4) is 0 Å². The van der Waals surface area contributed by atoms with Gasteiger partial charge in [0.2, 0.25) is 0 Å². The van der Waals surface area contributed by atoms with Gasteiger partial charge in [0, 0.05) is 12.1 Å². The SMILES string of the molecule is O=[N+]([O-])c1cccc(CCCCc2ccccc2)c1. The average Bonchev–Trinajstić information content (AvgIpc) is 2.45. The van der Waals surface area contributed by atoms with Gasteiger partial charge in [-0.2, -0.15) is 0 Å². The molecule has 0 aliphatic rings. The molecule has 3 nitrogen and oxygen atoms in total. The van der Waals surface area contributed by atoms with Gasteiger partial charge in [-0.05, 0) is 36.8 Å². The van der Waals surface area contributed by atoms with E-state index >= 15 is 0 Å². The summed E-state index contributed by atoms with van der Waals surface area (Å²) in [7, 11) is 0. The predicted molar refractivity (Wildman–Crippen MR) is 76.2 cm³/mol. The van der Waals surface area contributed by atoms with Crippen molar-refractivity contribution < 1.29 is 4.92 Å². The number of nitro benzene ring substituents is 1. The van der Waals surface area contributed by atoms with Gasteiger partial charge in [0.05, 0.1) is 4.92 Å². The lowest BCUT2D eigenvalue weighted by molar-refractivity contribution is -0.384. The van der Waals surface area contributed by atoms with Crippen LogP contribution < -0.4 is 0 Å². The number of rotatable bonds is 6. The topological polar surface area (TPSA) is 43.1 Å². The molecular weight excluding hydrogens is 238 g/mol. The van der Waals surface area contributed by atoms with E-state index in [2.05, 4.69) is 24.3 Å². The van der Waals surface area contributed by atoms with Crippen molar-refractivity contribution in [2.45, 2.75) is 25.7 Å². The molecule has 0 radical (unpaired) electrons.